The van der Waals surface area contributed by atoms with Crippen molar-refractivity contribution in [1.82, 2.24) is 10.2 Å². The van der Waals surface area contributed by atoms with Gasteiger partial charge in [0.05, 0.1) is 37.3 Å². The van der Waals surface area contributed by atoms with Gasteiger partial charge < -0.3 is 19.0 Å². The van der Waals surface area contributed by atoms with E-state index >= 15 is 0 Å². The summed E-state index contributed by atoms with van der Waals surface area (Å²) in [4.78, 5) is 55.9. The summed E-state index contributed by atoms with van der Waals surface area (Å²) in [5.74, 6) is -0.0882. The van der Waals surface area contributed by atoms with Crippen molar-refractivity contribution in [3.8, 4) is 5.75 Å². The number of nitrogens with zero attached hydrogens (tertiary/aromatic N) is 2. The predicted octanol–water partition coefficient (Wildman–Crippen LogP) is 3.93. The highest BCUT2D eigenvalue weighted by molar-refractivity contribution is 6.05. The standard InChI is InChI=1S/C26H35N3O7/c1-6-26(12-7-8-13-30)16-21(31)29(23(28-26)27-24(33)36-25(2,3)4)19-11-14-35-20-10-9-17(15-18(19)20)22(32)34-5/h9-10,13,15,19H,6-8,11-12,14,16H2,1-5H3,(H,27,28,33)/t19-,26-/m1/s1. The van der Waals surface area contributed by atoms with E-state index in [1.54, 1.807) is 39.0 Å². The molecule has 0 saturated carbocycles. The predicted molar refractivity (Wildman–Crippen MR) is 132 cm³/mol. The second kappa shape index (κ2) is 11.1. The summed E-state index contributed by atoms with van der Waals surface area (Å²) in [6.07, 6.45) is 2.72. The molecular formula is C26H35N3O7. The van der Waals surface area contributed by atoms with Crippen LogP contribution in [0.2, 0.25) is 0 Å². The smallest absolute Gasteiger partial charge is 0.414 e. The van der Waals surface area contributed by atoms with E-state index in [1.807, 2.05) is 6.92 Å². The average Bonchev–Trinajstić information content (AvgIpc) is 2.82. The number of guanidine groups is 1. The van der Waals surface area contributed by atoms with E-state index in [0.717, 1.165) is 6.29 Å². The molecule has 0 saturated heterocycles. The third-order valence-corrected chi connectivity index (χ3v) is 6.31. The molecule has 2 heterocycles. The fourth-order valence-corrected chi connectivity index (χ4v) is 4.54. The van der Waals surface area contributed by atoms with E-state index in [-0.39, 0.29) is 18.3 Å². The van der Waals surface area contributed by atoms with E-state index in [2.05, 4.69) is 5.32 Å². The van der Waals surface area contributed by atoms with Gasteiger partial charge in [0.1, 0.15) is 17.6 Å². The number of hydrogen-bond acceptors (Lipinski definition) is 8. The minimum Gasteiger partial charge on any atom is -0.493 e. The van der Waals surface area contributed by atoms with Crippen LogP contribution in [0.15, 0.2) is 23.2 Å². The molecule has 0 bridgehead atoms. The maximum atomic E-state index is 13.7. The lowest BCUT2D eigenvalue weighted by atomic mass is 9.84. The number of esters is 1. The molecule has 0 aromatic heterocycles. The topological polar surface area (TPSA) is 124 Å². The number of aliphatic imine (C=N–C) groups is 1. The maximum Gasteiger partial charge on any atom is 0.414 e. The highest BCUT2D eigenvalue weighted by Crippen LogP contribution is 2.41. The number of alkyl carbamates (subject to hydrolysis) is 1. The Hall–Kier alpha value is -3.43. The van der Waals surface area contributed by atoms with Crippen molar-refractivity contribution < 1.29 is 33.4 Å². The lowest BCUT2D eigenvalue weighted by Gasteiger charge is -2.43. The van der Waals surface area contributed by atoms with Gasteiger partial charge in [-0.25, -0.2) is 14.6 Å². The molecule has 2 amide bonds. The Balaban J connectivity index is 2.05. The molecular weight excluding hydrogens is 466 g/mol. The summed E-state index contributed by atoms with van der Waals surface area (Å²) in [6, 6.07) is 4.41. The van der Waals surface area contributed by atoms with Gasteiger partial charge >= 0.3 is 12.1 Å². The molecule has 10 heteroatoms. The Kier molecular flexibility index (Phi) is 8.37. The first kappa shape index (κ1) is 27.2. The molecule has 2 aliphatic heterocycles. The molecule has 196 valence electrons. The van der Waals surface area contributed by atoms with Crippen LogP contribution < -0.4 is 10.1 Å². The molecule has 1 aromatic carbocycles. The monoisotopic (exact) mass is 501 g/mol. The van der Waals surface area contributed by atoms with Crippen molar-refractivity contribution in [1.29, 1.82) is 0 Å². The summed E-state index contributed by atoms with van der Waals surface area (Å²) in [6.45, 7) is 7.52. The van der Waals surface area contributed by atoms with Gasteiger partial charge in [0, 0.05) is 18.4 Å². The van der Waals surface area contributed by atoms with Crippen LogP contribution in [-0.2, 0) is 19.1 Å². The Labute approximate surface area is 211 Å². The zero-order valence-corrected chi connectivity index (χ0v) is 21.6. The number of nitrogens with one attached hydrogen (secondary N) is 1. The van der Waals surface area contributed by atoms with Gasteiger partial charge in [-0.1, -0.05) is 6.92 Å². The fourth-order valence-electron chi connectivity index (χ4n) is 4.54. The highest BCUT2D eigenvalue weighted by atomic mass is 16.6. The van der Waals surface area contributed by atoms with Gasteiger partial charge in [0.2, 0.25) is 11.9 Å². The van der Waals surface area contributed by atoms with Crippen molar-refractivity contribution >= 4 is 30.2 Å². The molecule has 0 unspecified atom stereocenters. The normalized spacial score (nSPS) is 21.6. The van der Waals surface area contributed by atoms with Gasteiger partial charge in [-0.2, -0.15) is 0 Å². The van der Waals surface area contributed by atoms with Crippen molar-refractivity contribution in [3.63, 3.8) is 0 Å². The molecule has 1 N–H and O–H groups in total. The molecule has 0 aliphatic carbocycles. The van der Waals surface area contributed by atoms with Crippen molar-refractivity contribution in [2.75, 3.05) is 13.7 Å². The van der Waals surface area contributed by atoms with Crippen molar-refractivity contribution in [2.45, 2.75) is 83.4 Å². The first-order chi connectivity index (χ1) is 17.0. The molecule has 0 radical (unpaired) electrons. The van der Waals surface area contributed by atoms with Gasteiger partial charge in [-0.15, -0.1) is 0 Å². The van der Waals surface area contributed by atoms with Crippen LogP contribution in [0, 0.1) is 0 Å². The Morgan fingerprint density at radius 3 is 2.72 bits per heavy atom. The van der Waals surface area contributed by atoms with E-state index < -0.39 is 29.2 Å². The molecule has 3 rings (SSSR count). The Bertz CT molecular complexity index is 1050. The number of hydrogen-bond donors (Lipinski definition) is 1. The van der Waals surface area contributed by atoms with Crippen LogP contribution in [0.25, 0.3) is 0 Å². The SMILES string of the molecule is CC[C@@]1(CCCC=O)CC(=O)N([C@@H]2CCOc3ccc(C(=O)OC)cc32)C(NC(=O)OC(C)(C)C)=N1. The lowest BCUT2D eigenvalue weighted by Crippen LogP contribution is -2.56. The molecule has 36 heavy (non-hydrogen) atoms. The minimum absolute atomic E-state index is 0.0924. The number of carbonyl (C=O) groups excluding carboxylic acids is 4. The summed E-state index contributed by atoms with van der Waals surface area (Å²) >= 11 is 0. The number of methoxy groups -OCH3 is 1. The van der Waals surface area contributed by atoms with E-state index in [4.69, 9.17) is 19.2 Å². The number of aldehydes is 1. The van der Waals surface area contributed by atoms with E-state index in [1.165, 1.54) is 12.0 Å². The zero-order valence-electron chi connectivity index (χ0n) is 21.6. The number of benzene rings is 1. The zero-order chi connectivity index (χ0) is 26.5. The maximum absolute atomic E-state index is 13.7. The Morgan fingerprint density at radius 1 is 1.33 bits per heavy atom. The number of ether oxygens (including phenoxy) is 3. The molecule has 10 nitrogen and oxygen atoms in total. The number of amides is 2. The van der Waals surface area contributed by atoms with Crippen LogP contribution >= 0.6 is 0 Å². The van der Waals surface area contributed by atoms with Crippen molar-refractivity contribution in [2.24, 2.45) is 4.99 Å². The summed E-state index contributed by atoms with van der Waals surface area (Å²) < 4.78 is 16.1. The first-order valence-corrected chi connectivity index (χ1v) is 12.2. The fraction of sp³-hybridized carbons (Fsp3) is 0.577. The second-order valence-electron chi connectivity index (χ2n) is 10.0. The number of rotatable bonds is 7. The molecule has 1 aromatic rings. The van der Waals surface area contributed by atoms with Gasteiger partial charge in [-0.3, -0.25) is 15.0 Å². The van der Waals surface area contributed by atoms with Crippen LogP contribution in [-0.4, -0.2) is 60.0 Å². The minimum atomic E-state index is -0.749. The van der Waals surface area contributed by atoms with Gasteiger partial charge in [0.15, 0.2) is 0 Å². The van der Waals surface area contributed by atoms with Crippen molar-refractivity contribution in [3.05, 3.63) is 29.3 Å². The lowest BCUT2D eigenvalue weighted by molar-refractivity contribution is -0.132. The van der Waals surface area contributed by atoms with E-state index in [0.29, 0.717) is 55.6 Å². The Morgan fingerprint density at radius 2 is 2.08 bits per heavy atom. The molecule has 0 spiro atoms. The summed E-state index contributed by atoms with van der Waals surface area (Å²) in [5, 5.41) is 2.70. The largest absolute Gasteiger partial charge is 0.493 e. The van der Waals surface area contributed by atoms with Crippen LogP contribution in [0.3, 0.4) is 0 Å². The number of carbonyl (C=O) groups is 4. The second-order valence-corrected chi connectivity index (χ2v) is 10.0. The summed E-state index contributed by atoms with van der Waals surface area (Å²) in [5.41, 5.74) is -0.545. The van der Waals surface area contributed by atoms with E-state index in [9.17, 15) is 19.2 Å². The molecule has 2 atom stereocenters. The quantitative estimate of drug-likeness (QED) is 0.341. The highest BCUT2D eigenvalue weighted by Gasteiger charge is 2.44. The summed E-state index contributed by atoms with van der Waals surface area (Å²) in [7, 11) is 1.30. The third-order valence-electron chi connectivity index (χ3n) is 6.31. The molecule has 0 fully saturated rings. The van der Waals surface area contributed by atoms with Crippen LogP contribution in [0.4, 0.5) is 4.79 Å². The average molecular weight is 502 g/mol. The third kappa shape index (κ3) is 6.22. The van der Waals surface area contributed by atoms with Gasteiger partial charge in [0.25, 0.3) is 0 Å². The molecule has 2 aliphatic rings. The number of fused-ring (bicyclic) bond motifs is 1. The number of unbranched alkanes of at least 4 members (excludes halogenated alkanes) is 1. The van der Waals surface area contributed by atoms with Crippen LogP contribution in [0.5, 0.6) is 5.75 Å². The first-order valence-electron chi connectivity index (χ1n) is 12.2. The van der Waals surface area contributed by atoms with Crippen LogP contribution in [0.1, 0.15) is 88.2 Å². The van der Waals surface area contributed by atoms with Gasteiger partial charge in [-0.05, 0) is 58.2 Å².